The SMILES string of the molecule is CSCc1cc(=O)oc2cc(O)ccc12. The Morgan fingerprint density at radius 3 is 2.93 bits per heavy atom. The Balaban J connectivity index is 2.74. The third-order valence-corrected chi connectivity index (χ3v) is 2.71. The number of phenols is 1. The molecule has 0 spiro atoms. The van der Waals surface area contributed by atoms with Gasteiger partial charge in [-0.1, -0.05) is 0 Å². The van der Waals surface area contributed by atoms with Crippen molar-refractivity contribution in [1.29, 1.82) is 0 Å². The summed E-state index contributed by atoms with van der Waals surface area (Å²) < 4.78 is 5.00. The molecule has 1 aromatic heterocycles. The molecule has 1 N–H and O–H groups in total. The van der Waals surface area contributed by atoms with Gasteiger partial charge in [-0.3, -0.25) is 0 Å². The predicted octanol–water partition coefficient (Wildman–Crippen LogP) is 2.36. The third kappa shape index (κ3) is 1.99. The van der Waals surface area contributed by atoms with Gasteiger partial charge >= 0.3 is 5.63 Å². The zero-order valence-corrected chi connectivity index (χ0v) is 9.00. The van der Waals surface area contributed by atoms with Gasteiger partial charge in [-0.15, -0.1) is 0 Å². The van der Waals surface area contributed by atoms with Gasteiger partial charge in [0.2, 0.25) is 0 Å². The second-order valence-electron chi connectivity index (χ2n) is 3.20. The van der Waals surface area contributed by atoms with E-state index in [4.69, 9.17) is 4.42 Å². The molecule has 3 nitrogen and oxygen atoms in total. The van der Waals surface area contributed by atoms with Gasteiger partial charge in [-0.2, -0.15) is 11.8 Å². The van der Waals surface area contributed by atoms with Crippen LogP contribution >= 0.6 is 11.8 Å². The van der Waals surface area contributed by atoms with Gasteiger partial charge in [0.05, 0.1) is 0 Å². The minimum atomic E-state index is -0.378. The van der Waals surface area contributed by atoms with Gasteiger partial charge in [0.15, 0.2) is 0 Å². The Morgan fingerprint density at radius 2 is 2.20 bits per heavy atom. The fourth-order valence-electron chi connectivity index (χ4n) is 1.49. The van der Waals surface area contributed by atoms with Crippen LogP contribution in [0.15, 0.2) is 33.5 Å². The average molecular weight is 222 g/mol. The first-order valence-electron chi connectivity index (χ1n) is 4.45. The van der Waals surface area contributed by atoms with Gasteiger partial charge in [0.25, 0.3) is 0 Å². The molecule has 0 bridgehead atoms. The Kier molecular flexibility index (Phi) is 2.68. The van der Waals surface area contributed by atoms with Crippen LogP contribution in [-0.4, -0.2) is 11.4 Å². The fraction of sp³-hybridized carbons (Fsp3) is 0.182. The van der Waals surface area contributed by atoms with E-state index in [1.165, 1.54) is 12.1 Å². The van der Waals surface area contributed by atoms with Crippen LogP contribution in [0.4, 0.5) is 0 Å². The minimum Gasteiger partial charge on any atom is -0.508 e. The van der Waals surface area contributed by atoms with Crippen LogP contribution in [-0.2, 0) is 5.75 Å². The predicted molar refractivity (Wildman–Crippen MR) is 61.4 cm³/mol. The number of benzene rings is 1. The maximum Gasteiger partial charge on any atom is 0.336 e. The van der Waals surface area contributed by atoms with Crippen LogP contribution < -0.4 is 5.63 Å². The van der Waals surface area contributed by atoms with Gasteiger partial charge < -0.3 is 9.52 Å². The Hall–Kier alpha value is -1.42. The zero-order chi connectivity index (χ0) is 10.8. The molecule has 0 aliphatic carbocycles. The number of phenolic OH excluding ortho intramolecular Hbond substituents is 1. The molecule has 1 heterocycles. The van der Waals surface area contributed by atoms with Crippen LogP contribution in [0.2, 0.25) is 0 Å². The van der Waals surface area contributed by atoms with Crippen LogP contribution in [0.1, 0.15) is 5.56 Å². The highest BCUT2D eigenvalue weighted by Crippen LogP contribution is 2.23. The molecule has 0 saturated heterocycles. The second kappa shape index (κ2) is 3.98. The number of rotatable bonds is 2. The van der Waals surface area contributed by atoms with Crippen molar-refractivity contribution in [2.75, 3.05) is 6.26 Å². The zero-order valence-electron chi connectivity index (χ0n) is 8.19. The second-order valence-corrected chi connectivity index (χ2v) is 4.07. The van der Waals surface area contributed by atoms with E-state index in [0.29, 0.717) is 5.58 Å². The average Bonchev–Trinajstić information content (AvgIpc) is 2.17. The van der Waals surface area contributed by atoms with Gasteiger partial charge in [-0.25, -0.2) is 4.79 Å². The monoisotopic (exact) mass is 222 g/mol. The molecule has 0 radical (unpaired) electrons. The van der Waals surface area contributed by atoms with Crippen molar-refractivity contribution in [3.63, 3.8) is 0 Å². The molecule has 0 unspecified atom stereocenters. The van der Waals surface area contributed by atoms with E-state index < -0.39 is 0 Å². The van der Waals surface area contributed by atoms with Crippen molar-refractivity contribution < 1.29 is 9.52 Å². The van der Waals surface area contributed by atoms with Crippen molar-refractivity contribution in [2.45, 2.75) is 5.75 Å². The summed E-state index contributed by atoms with van der Waals surface area (Å²) >= 11 is 1.64. The molecule has 15 heavy (non-hydrogen) atoms. The van der Waals surface area contributed by atoms with Crippen molar-refractivity contribution in [1.82, 2.24) is 0 Å². The Bertz CT molecular complexity index is 545. The normalized spacial score (nSPS) is 10.7. The summed E-state index contributed by atoms with van der Waals surface area (Å²) in [5, 5.41) is 10.2. The van der Waals surface area contributed by atoms with E-state index in [1.807, 2.05) is 6.26 Å². The first-order chi connectivity index (χ1) is 7.20. The highest BCUT2D eigenvalue weighted by atomic mass is 32.2. The minimum absolute atomic E-state index is 0.104. The number of aromatic hydroxyl groups is 1. The lowest BCUT2D eigenvalue weighted by Crippen LogP contribution is -1.99. The smallest absolute Gasteiger partial charge is 0.336 e. The largest absolute Gasteiger partial charge is 0.508 e. The lowest BCUT2D eigenvalue weighted by molar-refractivity contribution is 0.473. The van der Waals surface area contributed by atoms with E-state index in [2.05, 4.69) is 0 Å². The quantitative estimate of drug-likeness (QED) is 0.792. The molecule has 0 atom stereocenters. The van der Waals surface area contributed by atoms with Crippen LogP contribution in [0.25, 0.3) is 11.0 Å². The van der Waals surface area contributed by atoms with Gasteiger partial charge in [-0.05, 0) is 24.0 Å². The number of thioether (sulfide) groups is 1. The summed E-state index contributed by atoms with van der Waals surface area (Å²) in [4.78, 5) is 11.2. The summed E-state index contributed by atoms with van der Waals surface area (Å²) in [6.45, 7) is 0. The molecule has 1 aromatic carbocycles. The topological polar surface area (TPSA) is 50.4 Å². The highest BCUT2D eigenvalue weighted by Gasteiger charge is 2.05. The number of hydrogen-bond acceptors (Lipinski definition) is 4. The Labute approximate surface area is 90.7 Å². The maximum absolute atomic E-state index is 11.2. The molecule has 0 saturated carbocycles. The van der Waals surface area contributed by atoms with E-state index in [9.17, 15) is 9.90 Å². The van der Waals surface area contributed by atoms with Crippen LogP contribution in [0, 0.1) is 0 Å². The molecule has 4 heteroatoms. The number of hydrogen-bond donors (Lipinski definition) is 1. The molecule has 0 aliphatic heterocycles. The van der Waals surface area contributed by atoms with E-state index in [0.717, 1.165) is 16.7 Å². The molecule has 2 rings (SSSR count). The van der Waals surface area contributed by atoms with Crippen molar-refractivity contribution in [3.05, 3.63) is 40.2 Å². The van der Waals surface area contributed by atoms with Gasteiger partial charge in [0, 0.05) is 23.3 Å². The summed E-state index contributed by atoms with van der Waals surface area (Å²) in [5.74, 6) is 0.860. The fourth-order valence-corrected chi connectivity index (χ4v) is 2.04. The third-order valence-electron chi connectivity index (χ3n) is 2.11. The van der Waals surface area contributed by atoms with Gasteiger partial charge in [0.1, 0.15) is 11.3 Å². The van der Waals surface area contributed by atoms with E-state index in [-0.39, 0.29) is 11.4 Å². The highest BCUT2D eigenvalue weighted by molar-refractivity contribution is 7.97. The van der Waals surface area contributed by atoms with Crippen molar-refractivity contribution >= 4 is 22.7 Å². The summed E-state index contributed by atoms with van der Waals surface area (Å²) in [6, 6.07) is 6.31. The van der Waals surface area contributed by atoms with Crippen molar-refractivity contribution in [2.24, 2.45) is 0 Å². The Morgan fingerprint density at radius 1 is 1.40 bits per heavy atom. The standard InChI is InChI=1S/C11H10O3S/c1-15-6-7-4-11(13)14-10-5-8(12)2-3-9(7)10/h2-5,12H,6H2,1H3. The summed E-state index contributed by atoms with van der Waals surface area (Å²) in [7, 11) is 0. The lowest BCUT2D eigenvalue weighted by atomic mass is 10.1. The first-order valence-corrected chi connectivity index (χ1v) is 5.85. The van der Waals surface area contributed by atoms with Crippen molar-refractivity contribution in [3.8, 4) is 5.75 Å². The number of fused-ring (bicyclic) bond motifs is 1. The molecule has 0 amide bonds. The molecule has 2 aromatic rings. The molecular formula is C11H10O3S. The maximum atomic E-state index is 11.2. The lowest BCUT2D eigenvalue weighted by Gasteiger charge is -2.03. The molecular weight excluding hydrogens is 212 g/mol. The summed E-state index contributed by atoms with van der Waals surface area (Å²) in [6.07, 6.45) is 1.97. The van der Waals surface area contributed by atoms with E-state index >= 15 is 0 Å². The first kappa shape index (κ1) is 10.1. The summed E-state index contributed by atoms with van der Waals surface area (Å²) in [5.41, 5.74) is 0.998. The molecule has 0 fully saturated rings. The van der Waals surface area contributed by atoms with Crippen LogP contribution in [0.3, 0.4) is 0 Å². The van der Waals surface area contributed by atoms with Crippen LogP contribution in [0.5, 0.6) is 5.75 Å². The molecule has 0 aliphatic rings. The molecule has 78 valence electrons. The van der Waals surface area contributed by atoms with E-state index in [1.54, 1.807) is 23.9 Å².